The number of nitrogens with one attached hydrogen (secondary N) is 1. The Morgan fingerprint density at radius 3 is 2.39 bits per heavy atom. The van der Waals surface area contributed by atoms with Crippen LogP contribution in [0.3, 0.4) is 0 Å². The van der Waals surface area contributed by atoms with Crippen molar-refractivity contribution in [1.29, 1.82) is 0 Å². The van der Waals surface area contributed by atoms with Crippen LogP contribution in [-0.2, 0) is 21.9 Å². The zero-order valence-corrected chi connectivity index (χ0v) is 20.5. The minimum Gasteiger partial charge on any atom is -0.354 e. The Morgan fingerprint density at radius 1 is 1.10 bits per heavy atom. The van der Waals surface area contributed by atoms with Crippen molar-refractivity contribution in [2.75, 3.05) is 12.3 Å². The van der Waals surface area contributed by atoms with Gasteiger partial charge in [0.05, 0.1) is 5.75 Å². The van der Waals surface area contributed by atoms with E-state index in [1.165, 1.54) is 16.7 Å². The number of carbonyl (C=O) groups excluding carboxylic acids is 2. The Balaban J connectivity index is 2.14. The third kappa shape index (κ3) is 7.89. The number of nitrogens with zero attached hydrogens (tertiary/aromatic N) is 1. The van der Waals surface area contributed by atoms with E-state index >= 15 is 0 Å². The molecule has 0 spiro atoms. The number of benzene rings is 2. The van der Waals surface area contributed by atoms with Crippen LogP contribution in [0.4, 0.5) is 0 Å². The van der Waals surface area contributed by atoms with E-state index in [-0.39, 0.29) is 11.8 Å². The molecule has 0 aliphatic rings. The predicted molar refractivity (Wildman–Crippen MR) is 131 cm³/mol. The van der Waals surface area contributed by atoms with Crippen LogP contribution in [0.5, 0.6) is 0 Å². The maximum atomic E-state index is 13.2. The molecule has 2 aromatic rings. The minimum atomic E-state index is -0.517. The largest absolute Gasteiger partial charge is 0.354 e. The number of hydrogen-bond donors (Lipinski definition) is 1. The van der Waals surface area contributed by atoms with Gasteiger partial charge in [-0.1, -0.05) is 73.0 Å². The lowest BCUT2D eigenvalue weighted by Crippen LogP contribution is -2.49. The Kier molecular flexibility index (Phi) is 10.4. The first-order valence-electron chi connectivity index (χ1n) is 10.8. The number of halogens is 1. The Hall–Kier alpha value is -1.98. The fraction of sp³-hybridized carbons (Fsp3) is 0.440. The Morgan fingerprint density at radius 2 is 1.77 bits per heavy atom. The smallest absolute Gasteiger partial charge is 0.242 e. The second-order valence-corrected chi connectivity index (χ2v) is 9.21. The van der Waals surface area contributed by atoms with Gasteiger partial charge in [0.1, 0.15) is 6.04 Å². The van der Waals surface area contributed by atoms with Gasteiger partial charge in [0.25, 0.3) is 0 Å². The number of carbonyl (C=O) groups is 2. The van der Waals surface area contributed by atoms with Crippen LogP contribution in [0, 0.1) is 13.8 Å². The van der Waals surface area contributed by atoms with Gasteiger partial charge in [0.2, 0.25) is 11.8 Å². The highest BCUT2D eigenvalue weighted by Crippen LogP contribution is 2.22. The highest BCUT2D eigenvalue weighted by Gasteiger charge is 2.28. The first-order valence-corrected chi connectivity index (χ1v) is 12.3. The lowest BCUT2D eigenvalue weighted by molar-refractivity contribution is -0.139. The van der Waals surface area contributed by atoms with Gasteiger partial charge in [-0.05, 0) is 43.9 Å². The monoisotopic (exact) mass is 460 g/mol. The highest BCUT2D eigenvalue weighted by atomic mass is 35.5. The van der Waals surface area contributed by atoms with Crippen LogP contribution in [0.1, 0.15) is 48.9 Å². The quantitative estimate of drug-likeness (QED) is 0.480. The number of amides is 2. The van der Waals surface area contributed by atoms with E-state index < -0.39 is 6.04 Å². The molecular weight excluding hydrogens is 428 g/mol. The van der Waals surface area contributed by atoms with Crippen molar-refractivity contribution < 1.29 is 9.59 Å². The molecule has 168 valence electrons. The van der Waals surface area contributed by atoms with Gasteiger partial charge in [-0.15, -0.1) is 11.8 Å². The molecule has 0 saturated heterocycles. The molecule has 0 radical (unpaired) electrons. The topological polar surface area (TPSA) is 49.4 Å². The maximum Gasteiger partial charge on any atom is 0.242 e. The summed E-state index contributed by atoms with van der Waals surface area (Å²) in [5.74, 6) is 0.916. The van der Waals surface area contributed by atoms with E-state index in [4.69, 9.17) is 11.6 Å². The molecule has 0 heterocycles. The SMILES string of the molecule is CCCNC(=O)[C@@H](CC)N(Cc1ccccc1Cl)C(=O)CSCc1cc(C)cc(C)c1. The molecule has 2 rings (SSSR count). The second kappa shape index (κ2) is 12.8. The van der Waals surface area contributed by atoms with Crippen molar-refractivity contribution in [3.05, 3.63) is 69.7 Å². The lowest BCUT2D eigenvalue weighted by Gasteiger charge is -2.31. The molecule has 0 aromatic heterocycles. The summed E-state index contributed by atoms with van der Waals surface area (Å²) in [5.41, 5.74) is 4.50. The Bertz CT molecular complexity index is 867. The summed E-state index contributed by atoms with van der Waals surface area (Å²) < 4.78 is 0. The summed E-state index contributed by atoms with van der Waals surface area (Å²) in [5, 5.41) is 3.54. The summed E-state index contributed by atoms with van der Waals surface area (Å²) in [6, 6.07) is 13.4. The zero-order valence-electron chi connectivity index (χ0n) is 18.9. The molecule has 0 aliphatic carbocycles. The molecule has 0 bridgehead atoms. The van der Waals surface area contributed by atoms with Gasteiger partial charge in [-0.2, -0.15) is 0 Å². The highest BCUT2D eigenvalue weighted by molar-refractivity contribution is 7.99. The number of thioether (sulfide) groups is 1. The van der Waals surface area contributed by atoms with Crippen molar-refractivity contribution >= 4 is 35.2 Å². The first kappa shape index (κ1) is 25.3. The molecule has 2 aromatic carbocycles. The second-order valence-electron chi connectivity index (χ2n) is 7.82. The molecule has 0 aliphatic heterocycles. The van der Waals surface area contributed by atoms with Gasteiger partial charge in [0, 0.05) is 23.9 Å². The summed E-state index contributed by atoms with van der Waals surface area (Å²) in [4.78, 5) is 27.7. The number of rotatable bonds is 11. The molecule has 1 N–H and O–H groups in total. The van der Waals surface area contributed by atoms with Gasteiger partial charge < -0.3 is 10.2 Å². The molecule has 0 unspecified atom stereocenters. The number of hydrogen-bond acceptors (Lipinski definition) is 3. The van der Waals surface area contributed by atoms with Crippen molar-refractivity contribution in [3.63, 3.8) is 0 Å². The van der Waals surface area contributed by atoms with E-state index in [1.807, 2.05) is 38.1 Å². The molecule has 0 fully saturated rings. The van der Waals surface area contributed by atoms with Crippen LogP contribution in [0.2, 0.25) is 5.02 Å². The van der Waals surface area contributed by atoms with Crippen molar-refractivity contribution in [2.24, 2.45) is 0 Å². The summed E-state index contributed by atoms with van der Waals surface area (Å²) >= 11 is 7.93. The predicted octanol–water partition coefficient (Wildman–Crippen LogP) is 5.52. The fourth-order valence-corrected chi connectivity index (χ4v) is 4.63. The van der Waals surface area contributed by atoms with Crippen LogP contribution < -0.4 is 5.32 Å². The van der Waals surface area contributed by atoms with Gasteiger partial charge >= 0.3 is 0 Å². The van der Waals surface area contributed by atoms with Crippen LogP contribution in [0.25, 0.3) is 0 Å². The molecule has 1 atom stereocenters. The Labute approximate surface area is 195 Å². The minimum absolute atomic E-state index is 0.0483. The third-order valence-electron chi connectivity index (χ3n) is 5.01. The van der Waals surface area contributed by atoms with Crippen molar-refractivity contribution in [2.45, 2.75) is 58.9 Å². The van der Waals surface area contributed by atoms with Gasteiger partial charge in [-0.25, -0.2) is 0 Å². The molecule has 0 saturated carbocycles. The van der Waals surface area contributed by atoms with Crippen molar-refractivity contribution in [1.82, 2.24) is 10.2 Å². The molecule has 4 nitrogen and oxygen atoms in total. The van der Waals surface area contributed by atoms with Crippen molar-refractivity contribution in [3.8, 4) is 0 Å². The standard InChI is InChI=1S/C25H33ClN2O2S/c1-5-11-27-25(30)23(6-2)28(15-21-9-7-8-10-22(21)26)24(29)17-31-16-20-13-18(3)12-19(4)14-20/h7-10,12-14,23H,5-6,11,15-17H2,1-4H3,(H,27,30)/t23-/m1/s1. The van der Waals surface area contributed by atoms with Crippen LogP contribution in [0.15, 0.2) is 42.5 Å². The van der Waals surface area contributed by atoms with Gasteiger partial charge in [0.15, 0.2) is 0 Å². The maximum absolute atomic E-state index is 13.2. The molecule has 31 heavy (non-hydrogen) atoms. The summed E-state index contributed by atoms with van der Waals surface area (Å²) in [6.07, 6.45) is 1.40. The third-order valence-corrected chi connectivity index (χ3v) is 6.37. The average Bonchev–Trinajstić information content (AvgIpc) is 2.72. The summed E-state index contributed by atoms with van der Waals surface area (Å²) in [7, 11) is 0. The van der Waals surface area contributed by atoms with E-state index in [2.05, 4.69) is 37.4 Å². The van der Waals surface area contributed by atoms with E-state index in [1.54, 1.807) is 16.7 Å². The molecule has 6 heteroatoms. The van der Waals surface area contributed by atoms with E-state index in [9.17, 15) is 9.59 Å². The average molecular weight is 461 g/mol. The fourth-order valence-electron chi connectivity index (χ4n) is 3.59. The molecule has 2 amide bonds. The van der Waals surface area contributed by atoms with E-state index in [0.717, 1.165) is 17.7 Å². The summed E-state index contributed by atoms with van der Waals surface area (Å²) in [6.45, 7) is 9.03. The molecular formula is C25H33ClN2O2S. The normalized spacial score (nSPS) is 11.8. The van der Waals surface area contributed by atoms with E-state index in [0.29, 0.717) is 30.3 Å². The van der Waals surface area contributed by atoms with Crippen LogP contribution >= 0.6 is 23.4 Å². The first-order chi connectivity index (χ1) is 14.8. The zero-order chi connectivity index (χ0) is 22.8. The van der Waals surface area contributed by atoms with Crippen LogP contribution in [-0.4, -0.2) is 35.1 Å². The van der Waals surface area contributed by atoms with Gasteiger partial charge in [-0.3, -0.25) is 9.59 Å². The lowest BCUT2D eigenvalue weighted by atomic mass is 10.1. The number of aryl methyl sites for hydroxylation is 2.